The SMILES string of the molecule is Nc1ccccc1SCc1ccccc1CSc1ccccc1N.[Cu]. The zero-order chi connectivity index (χ0) is 16.8. The van der Waals surface area contributed by atoms with E-state index in [4.69, 9.17) is 11.5 Å². The fourth-order valence-electron chi connectivity index (χ4n) is 2.37. The Kier molecular flexibility index (Phi) is 7.79. The van der Waals surface area contributed by atoms with Crippen molar-refractivity contribution >= 4 is 34.9 Å². The minimum absolute atomic E-state index is 0. The molecule has 25 heavy (non-hydrogen) atoms. The Hall–Kier alpha value is -1.52. The van der Waals surface area contributed by atoms with Gasteiger partial charge in [0.15, 0.2) is 0 Å². The van der Waals surface area contributed by atoms with Gasteiger partial charge in [-0.25, -0.2) is 0 Å². The van der Waals surface area contributed by atoms with Gasteiger partial charge in [0.1, 0.15) is 0 Å². The van der Waals surface area contributed by atoms with Crippen LogP contribution in [0.25, 0.3) is 0 Å². The molecular weight excluding hydrogens is 396 g/mol. The summed E-state index contributed by atoms with van der Waals surface area (Å²) >= 11 is 3.56. The van der Waals surface area contributed by atoms with Gasteiger partial charge in [-0.3, -0.25) is 0 Å². The molecule has 133 valence electrons. The molecule has 0 aliphatic heterocycles. The summed E-state index contributed by atoms with van der Waals surface area (Å²) in [6.45, 7) is 0. The molecule has 0 fully saturated rings. The molecule has 0 spiro atoms. The van der Waals surface area contributed by atoms with Crippen molar-refractivity contribution in [2.24, 2.45) is 0 Å². The van der Waals surface area contributed by atoms with Crippen molar-refractivity contribution in [2.75, 3.05) is 11.5 Å². The van der Waals surface area contributed by atoms with E-state index in [1.165, 1.54) is 11.1 Å². The first-order valence-corrected chi connectivity index (χ1v) is 9.72. The van der Waals surface area contributed by atoms with Crippen molar-refractivity contribution in [3.8, 4) is 0 Å². The predicted molar refractivity (Wildman–Crippen MR) is 107 cm³/mol. The number of nitrogen functional groups attached to an aromatic ring is 2. The quantitative estimate of drug-likeness (QED) is 0.320. The van der Waals surface area contributed by atoms with E-state index < -0.39 is 0 Å². The van der Waals surface area contributed by atoms with E-state index in [-0.39, 0.29) is 17.1 Å². The molecule has 0 saturated carbocycles. The molecule has 3 aromatic carbocycles. The number of nitrogens with two attached hydrogens (primary N) is 2. The van der Waals surface area contributed by atoms with E-state index in [1.54, 1.807) is 23.5 Å². The van der Waals surface area contributed by atoms with Crippen LogP contribution in [0.3, 0.4) is 0 Å². The maximum absolute atomic E-state index is 6.04. The van der Waals surface area contributed by atoms with Crippen LogP contribution < -0.4 is 11.5 Å². The standard InChI is InChI=1S/C20H20N2S2.Cu/c21-17-9-3-5-11-19(17)23-13-15-7-1-2-8-16(15)14-24-20-12-6-4-10-18(20)22;/h1-12H,13-14,21-22H2;. The van der Waals surface area contributed by atoms with Crippen molar-refractivity contribution in [1.82, 2.24) is 0 Å². The maximum atomic E-state index is 6.04. The summed E-state index contributed by atoms with van der Waals surface area (Å²) < 4.78 is 0. The van der Waals surface area contributed by atoms with E-state index in [1.807, 2.05) is 36.4 Å². The Morgan fingerprint density at radius 2 is 0.920 bits per heavy atom. The Morgan fingerprint density at radius 3 is 1.32 bits per heavy atom. The van der Waals surface area contributed by atoms with Gasteiger partial charge < -0.3 is 11.5 Å². The Bertz CT molecular complexity index is 756. The number of hydrogen-bond acceptors (Lipinski definition) is 4. The minimum atomic E-state index is 0. The summed E-state index contributed by atoms with van der Waals surface area (Å²) in [7, 11) is 0. The molecule has 0 unspecified atom stereocenters. The third kappa shape index (κ3) is 5.48. The third-order valence-corrected chi connectivity index (χ3v) is 6.00. The van der Waals surface area contributed by atoms with Gasteiger partial charge in [-0.15, -0.1) is 23.5 Å². The van der Waals surface area contributed by atoms with Gasteiger partial charge in [0, 0.05) is 49.7 Å². The van der Waals surface area contributed by atoms with Crippen molar-refractivity contribution in [3.63, 3.8) is 0 Å². The molecule has 4 N–H and O–H groups in total. The van der Waals surface area contributed by atoms with Crippen LogP contribution in [0.5, 0.6) is 0 Å². The zero-order valence-electron chi connectivity index (χ0n) is 13.6. The molecule has 0 bridgehead atoms. The van der Waals surface area contributed by atoms with Crippen LogP contribution in [-0.2, 0) is 28.6 Å². The summed E-state index contributed by atoms with van der Waals surface area (Å²) in [5, 5.41) is 0. The maximum Gasteiger partial charge on any atom is 0.0452 e. The first kappa shape index (κ1) is 19.8. The zero-order valence-corrected chi connectivity index (χ0v) is 16.2. The first-order chi connectivity index (χ1) is 11.7. The second-order valence-electron chi connectivity index (χ2n) is 5.42. The van der Waals surface area contributed by atoms with Crippen LogP contribution in [-0.4, -0.2) is 0 Å². The molecule has 0 aliphatic carbocycles. The van der Waals surface area contributed by atoms with Gasteiger partial charge in [-0.05, 0) is 35.4 Å². The fraction of sp³-hybridized carbons (Fsp3) is 0.100. The van der Waals surface area contributed by atoms with Crippen LogP contribution in [0.1, 0.15) is 11.1 Å². The van der Waals surface area contributed by atoms with Crippen molar-refractivity contribution < 1.29 is 17.1 Å². The van der Waals surface area contributed by atoms with Gasteiger partial charge in [-0.1, -0.05) is 48.5 Å². The first-order valence-electron chi connectivity index (χ1n) is 7.75. The Morgan fingerprint density at radius 1 is 0.560 bits per heavy atom. The van der Waals surface area contributed by atoms with Crippen LogP contribution in [0.2, 0.25) is 0 Å². The molecule has 0 heterocycles. The van der Waals surface area contributed by atoms with Gasteiger partial charge >= 0.3 is 0 Å². The van der Waals surface area contributed by atoms with E-state index >= 15 is 0 Å². The number of para-hydroxylation sites is 2. The van der Waals surface area contributed by atoms with Crippen LogP contribution >= 0.6 is 23.5 Å². The van der Waals surface area contributed by atoms with Crippen LogP contribution in [0.4, 0.5) is 11.4 Å². The van der Waals surface area contributed by atoms with Crippen molar-refractivity contribution in [3.05, 3.63) is 83.9 Å². The second kappa shape index (κ2) is 9.83. The van der Waals surface area contributed by atoms with Gasteiger partial charge in [0.25, 0.3) is 0 Å². The molecule has 2 nitrogen and oxygen atoms in total. The predicted octanol–water partition coefficient (Wildman–Crippen LogP) is 5.43. The molecule has 5 heteroatoms. The van der Waals surface area contributed by atoms with Gasteiger partial charge in [0.2, 0.25) is 0 Å². The number of rotatable bonds is 6. The summed E-state index contributed by atoms with van der Waals surface area (Å²) in [4.78, 5) is 2.26. The summed E-state index contributed by atoms with van der Waals surface area (Å²) in [6, 6.07) is 24.6. The molecule has 3 aromatic rings. The van der Waals surface area contributed by atoms with E-state index in [2.05, 4.69) is 36.4 Å². The van der Waals surface area contributed by atoms with Crippen molar-refractivity contribution in [2.45, 2.75) is 21.3 Å². The molecule has 0 amide bonds. The summed E-state index contributed by atoms with van der Waals surface area (Å²) in [5.74, 6) is 1.82. The molecular formula is C20H20CuN2S2. The number of benzene rings is 3. The topological polar surface area (TPSA) is 52.0 Å². The smallest absolute Gasteiger partial charge is 0.0452 e. The monoisotopic (exact) mass is 415 g/mol. The average Bonchev–Trinajstić information content (AvgIpc) is 2.61. The fourth-order valence-corrected chi connectivity index (χ4v) is 4.38. The summed E-state index contributed by atoms with van der Waals surface area (Å²) in [5.41, 5.74) is 16.4. The Balaban J connectivity index is 0.00000225. The van der Waals surface area contributed by atoms with Gasteiger partial charge in [-0.2, -0.15) is 0 Å². The normalized spacial score (nSPS) is 10.2. The number of hydrogen-bond donors (Lipinski definition) is 2. The van der Waals surface area contributed by atoms with Gasteiger partial charge in [0.05, 0.1) is 0 Å². The molecule has 0 atom stereocenters. The summed E-state index contributed by atoms with van der Waals surface area (Å²) in [6.07, 6.45) is 0. The van der Waals surface area contributed by atoms with Crippen LogP contribution in [0, 0.1) is 0 Å². The average molecular weight is 416 g/mol. The van der Waals surface area contributed by atoms with E-state index in [0.717, 1.165) is 32.7 Å². The molecule has 3 rings (SSSR count). The molecule has 0 saturated heterocycles. The third-order valence-electron chi connectivity index (χ3n) is 3.72. The van der Waals surface area contributed by atoms with E-state index in [0.29, 0.717) is 0 Å². The molecule has 1 radical (unpaired) electrons. The molecule has 0 aliphatic rings. The number of thioether (sulfide) groups is 2. The minimum Gasteiger partial charge on any atom is -0.398 e. The second-order valence-corrected chi connectivity index (χ2v) is 7.46. The van der Waals surface area contributed by atoms with Crippen LogP contribution in [0.15, 0.2) is 82.6 Å². The Labute approximate surface area is 168 Å². The molecule has 0 aromatic heterocycles. The van der Waals surface area contributed by atoms with E-state index in [9.17, 15) is 0 Å². The van der Waals surface area contributed by atoms with Crippen molar-refractivity contribution in [1.29, 1.82) is 0 Å². The number of anilines is 2. The largest absolute Gasteiger partial charge is 0.398 e.